The third-order valence-corrected chi connectivity index (χ3v) is 5.52. The van der Waals surface area contributed by atoms with Crippen molar-refractivity contribution in [2.45, 2.75) is 30.2 Å². The zero-order chi connectivity index (χ0) is 14.8. The molecule has 2 N–H and O–H groups in total. The summed E-state index contributed by atoms with van der Waals surface area (Å²) in [6.07, 6.45) is 2.54. The lowest BCUT2D eigenvalue weighted by Gasteiger charge is -2.33. The van der Waals surface area contributed by atoms with E-state index >= 15 is 0 Å². The van der Waals surface area contributed by atoms with E-state index in [-0.39, 0.29) is 23.2 Å². The molecule has 20 heavy (non-hydrogen) atoms. The minimum atomic E-state index is -3.67. The largest absolute Gasteiger partial charge is 0.494 e. The minimum Gasteiger partial charge on any atom is -0.494 e. The molecule has 1 aromatic carbocycles. The molecule has 112 valence electrons. The van der Waals surface area contributed by atoms with Gasteiger partial charge >= 0.3 is 0 Å². The Morgan fingerprint density at radius 2 is 2.20 bits per heavy atom. The summed E-state index contributed by atoms with van der Waals surface area (Å²) in [6.45, 7) is 0.738. The first-order valence-corrected chi connectivity index (χ1v) is 8.00. The van der Waals surface area contributed by atoms with Crippen molar-refractivity contribution in [2.24, 2.45) is 5.73 Å². The Morgan fingerprint density at radius 3 is 2.85 bits per heavy atom. The number of rotatable bonds is 4. The van der Waals surface area contributed by atoms with E-state index in [1.54, 1.807) is 0 Å². The van der Waals surface area contributed by atoms with Crippen molar-refractivity contribution >= 4 is 10.0 Å². The van der Waals surface area contributed by atoms with Crippen LogP contribution >= 0.6 is 0 Å². The molecule has 1 fully saturated rings. The molecule has 1 aromatic rings. The molecule has 0 amide bonds. The first kappa shape index (κ1) is 15.2. The molecule has 0 aliphatic carbocycles. The Balaban J connectivity index is 2.38. The fourth-order valence-electron chi connectivity index (χ4n) is 2.46. The highest BCUT2D eigenvalue weighted by molar-refractivity contribution is 7.89. The Morgan fingerprint density at radius 1 is 1.45 bits per heavy atom. The predicted octanol–water partition coefficient (Wildman–Crippen LogP) is 1.34. The lowest BCUT2D eigenvalue weighted by Crippen LogP contribution is -2.47. The third-order valence-electron chi connectivity index (χ3n) is 3.57. The topological polar surface area (TPSA) is 72.6 Å². The maximum Gasteiger partial charge on any atom is 0.243 e. The second kappa shape index (κ2) is 6.07. The van der Waals surface area contributed by atoms with Crippen molar-refractivity contribution in [1.29, 1.82) is 0 Å². The number of hydrogen-bond donors (Lipinski definition) is 1. The summed E-state index contributed by atoms with van der Waals surface area (Å²) in [4.78, 5) is 0.0381. The number of nitrogens with zero attached hydrogens (tertiary/aromatic N) is 1. The van der Waals surface area contributed by atoms with E-state index in [1.807, 2.05) is 0 Å². The highest BCUT2D eigenvalue weighted by Crippen LogP contribution is 2.28. The smallest absolute Gasteiger partial charge is 0.243 e. The van der Waals surface area contributed by atoms with Crippen LogP contribution in [0.25, 0.3) is 0 Å². The SMILES string of the molecule is COc1cc(S(=O)(=O)N2CCCCC2CN)ccc1F. The maximum atomic E-state index is 13.4. The van der Waals surface area contributed by atoms with Crippen LogP contribution in [0.1, 0.15) is 19.3 Å². The van der Waals surface area contributed by atoms with Crippen LogP contribution in [0.2, 0.25) is 0 Å². The summed E-state index contributed by atoms with van der Waals surface area (Å²) in [7, 11) is -2.36. The fourth-order valence-corrected chi connectivity index (χ4v) is 4.18. The maximum absolute atomic E-state index is 13.4. The molecule has 1 aliphatic rings. The van der Waals surface area contributed by atoms with Gasteiger partial charge in [-0.2, -0.15) is 4.31 Å². The number of methoxy groups -OCH3 is 1. The number of benzene rings is 1. The molecule has 1 atom stereocenters. The molecule has 0 radical (unpaired) electrons. The van der Waals surface area contributed by atoms with Gasteiger partial charge in [0.2, 0.25) is 10.0 Å². The minimum absolute atomic E-state index is 0.0381. The molecule has 2 rings (SSSR count). The summed E-state index contributed by atoms with van der Waals surface area (Å²) in [5.74, 6) is -0.659. The second-order valence-corrected chi connectivity index (χ2v) is 6.69. The van der Waals surface area contributed by atoms with Crippen LogP contribution in [0.4, 0.5) is 4.39 Å². The van der Waals surface area contributed by atoms with Crippen molar-refractivity contribution in [1.82, 2.24) is 4.31 Å². The molecule has 0 aromatic heterocycles. The van der Waals surface area contributed by atoms with Crippen LogP contribution in [0, 0.1) is 5.82 Å². The van der Waals surface area contributed by atoms with E-state index < -0.39 is 15.8 Å². The normalized spacial score (nSPS) is 20.9. The van der Waals surface area contributed by atoms with Gasteiger partial charge < -0.3 is 10.5 Å². The number of piperidine rings is 1. The second-order valence-electron chi connectivity index (χ2n) is 4.80. The van der Waals surface area contributed by atoms with E-state index in [9.17, 15) is 12.8 Å². The first-order chi connectivity index (χ1) is 9.50. The Bertz CT molecular complexity index is 577. The number of ether oxygens (including phenoxy) is 1. The Hall–Kier alpha value is -1.18. The molecular weight excluding hydrogens is 283 g/mol. The van der Waals surface area contributed by atoms with Gasteiger partial charge in [-0.25, -0.2) is 12.8 Å². The summed E-state index contributed by atoms with van der Waals surface area (Å²) in [5, 5.41) is 0. The zero-order valence-electron chi connectivity index (χ0n) is 11.4. The summed E-state index contributed by atoms with van der Waals surface area (Å²) in [6, 6.07) is 3.39. The van der Waals surface area contributed by atoms with E-state index in [0.29, 0.717) is 6.54 Å². The monoisotopic (exact) mass is 302 g/mol. The average Bonchev–Trinajstić information content (AvgIpc) is 2.47. The van der Waals surface area contributed by atoms with E-state index in [2.05, 4.69) is 0 Å². The molecule has 5 nitrogen and oxygen atoms in total. The van der Waals surface area contributed by atoms with Crippen LogP contribution in [-0.2, 0) is 10.0 Å². The molecule has 7 heteroatoms. The van der Waals surface area contributed by atoms with Gasteiger partial charge in [0.15, 0.2) is 11.6 Å². The number of halogens is 1. The number of hydrogen-bond acceptors (Lipinski definition) is 4. The fraction of sp³-hybridized carbons (Fsp3) is 0.538. The van der Waals surface area contributed by atoms with Crippen LogP contribution in [-0.4, -0.2) is 39.0 Å². The molecule has 1 saturated heterocycles. The van der Waals surface area contributed by atoms with Gasteiger partial charge in [0, 0.05) is 25.2 Å². The van der Waals surface area contributed by atoms with E-state index in [0.717, 1.165) is 25.3 Å². The third kappa shape index (κ3) is 2.79. The average molecular weight is 302 g/mol. The van der Waals surface area contributed by atoms with Crippen molar-refractivity contribution < 1.29 is 17.5 Å². The van der Waals surface area contributed by atoms with Crippen molar-refractivity contribution in [3.63, 3.8) is 0 Å². The zero-order valence-corrected chi connectivity index (χ0v) is 12.2. The standard InChI is InChI=1S/C13H19FN2O3S/c1-19-13-8-11(5-6-12(13)14)20(17,18)16-7-3-2-4-10(16)9-15/h5-6,8,10H,2-4,7,9,15H2,1H3. The highest BCUT2D eigenvalue weighted by atomic mass is 32.2. The summed E-state index contributed by atoms with van der Waals surface area (Å²) in [5.41, 5.74) is 5.66. The molecular formula is C13H19FN2O3S. The van der Waals surface area contributed by atoms with Crippen molar-refractivity contribution in [2.75, 3.05) is 20.2 Å². The van der Waals surface area contributed by atoms with Crippen LogP contribution in [0.3, 0.4) is 0 Å². The van der Waals surface area contributed by atoms with Crippen LogP contribution in [0.5, 0.6) is 5.75 Å². The molecule has 1 unspecified atom stereocenters. The van der Waals surface area contributed by atoms with E-state index in [4.69, 9.17) is 10.5 Å². The van der Waals surface area contributed by atoms with Gasteiger partial charge in [-0.05, 0) is 25.0 Å². The summed E-state index contributed by atoms with van der Waals surface area (Å²) < 4.78 is 44.9. The van der Waals surface area contributed by atoms with Gasteiger partial charge in [-0.3, -0.25) is 0 Å². The van der Waals surface area contributed by atoms with Crippen LogP contribution in [0.15, 0.2) is 23.1 Å². The number of nitrogens with two attached hydrogens (primary N) is 1. The number of sulfonamides is 1. The molecule has 0 saturated carbocycles. The Labute approximate surface area is 118 Å². The van der Waals surface area contributed by atoms with Gasteiger partial charge in [0.1, 0.15) is 0 Å². The van der Waals surface area contributed by atoms with Gasteiger partial charge in [0.25, 0.3) is 0 Å². The molecule has 1 aliphatic heterocycles. The highest BCUT2D eigenvalue weighted by Gasteiger charge is 2.33. The Kier molecular flexibility index (Phi) is 4.62. The van der Waals surface area contributed by atoms with Crippen molar-refractivity contribution in [3.05, 3.63) is 24.0 Å². The van der Waals surface area contributed by atoms with Gasteiger partial charge in [-0.15, -0.1) is 0 Å². The van der Waals surface area contributed by atoms with Gasteiger partial charge in [0.05, 0.1) is 12.0 Å². The quantitative estimate of drug-likeness (QED) is 0.911. The van der Waals surface area contributed by atoms with Gasteiger partial charge in [-0.1, -0.05) is 6.42 Å². The lowest BCUT2D eigenvalue weighted by molar-refractivity contribution is 0.257. The summed E-state index contributed by atoms with van der Waals surface area (Å²) >= 11 is 0. The predicted molar refractivity (Wildman–Crippen MR) is 73.5 cm³/mol. The first-order valence-electron chi connectivity index (χ1n) is 6.56. The van der Waals surface area contributed by atoms with Crippen LogP contribution < -0.4 is 10.5 Å². The molecule has 0 spiro atoms. The molecule has 0 bridgehead atoms. The van der Waals surface area contributed by atoms with E-state index in [1.165, 1.54) is 23.5 Å². The molecule has 1 heterocycles. The van der Waals surface area contributed by atoms with Crippen molar-refractivity contribution in [3.8, 4) is 5.75 Å². The lowest BCUT2D eigenvalue weighted by atomic mass is 10.1.